The molecular weight excluding hydrogens is 290 g/mol. The Morgan fingerprint density at radius 3 is 2.22 bits per heavy atom. The number of nitrogens with zero attached hydrogens (tertiary/aromatic N) is 4. The van der Waals surface area contributed by atoms with Crippen LogP contribution in [-0.4, -0.2) is 86.0 Å². The Balaban J connectivity index is 1.71. The summed E-state index contributed by atoms with van der Waals surface area (Å²) in [5, 5.41) is 3.52. The lowest BCUT2D eigenvalue weighted by Crippen LogP contribution is -2.52. The van der Waals surface area contributed by atoms with Crippen molar-refractivity contribution in [3.63, 3.8) is 0 Å². The molecular formula is C17H33N5O. The third-order valence-corrected chi connectivity index (χ3v) is 4.91. The van der Waals surface area contributed by atoms with Crippen molar-refractivity contribution in [2.45, 2.75) is 27.2 Å². The predicted molar refractivity (Wildman–Crippen MR) is 94.6 cm³/mol. The fourth-order valence-corrected chi connectivity index (χ4v) is 3.78. The Morgan fingerprint density at radius 2 is 1.70 bits per heavy atom. The number of aliphatic imine (C=N–C) groups is 1. The van der Waals surface area contributed by atoms with Crippen LogP contribution < -0.4 is 5.32 Å². The van der Waals surface area contributed by atoms with Crippen molar-refractivity contribution in [1.29, 1.82) is 0 Å². The van der Waals surface area contributed by atoms with Gasteiger partial charge in [0.15, 0.2) is 5.96 Å². The van der Waals surface area contributed by atoms with Crippen molar-refractivity contribution >= 4 is 11.9 Å². The fraction of sp³-hybridized carbons (Fsp3) is 0.882. The highest BCUT2D eigenvalue weighted by Crippen LogP contribution is 2.20. The van der Waals surface area contributed by atoms with E-state index in [9.17, 15) is 4.79 Å². The SMILES string of the molecule is CN=C(NCCN1CCN(C(C)=O)CC1)N1CC(C)CC(C)C1. The number of amides is 1. The Labute approximate surface area is 140 Å². The summed E-state index contributed by atoms with van der Waals surface area (Å²) < 4.78 is 0. The van der Waals surface area contributed by atoms with Gasteiger partial charge in [0, 0.05) is 66.3 Å². The highest BCUT2D eigenvalue weighted by atomic mass is 16.2. The molecule has 2 aliphatic rings. The van der Waals surface area contributed by atoms with E-state index in [1.54, 1.807) is 6.92 Å². The third-order valence-electron chi connectivity index (χ3n) is 4.91. The minimum Gasteiger partial charge on any atom is -0.355 e. The van der Waals surface area contributed by atoms with Crippen LogP contribution >= 0.6 is 0 Å². The molecule has 1 amide bonds. The van der Waals surface area contributed by atoms with Gasteiger partial charge in [0.05, 0.1) is 0 Å². The predicted octanol–water partition coefficient (Wildman–Crippen LogP) is 0.704. The molecule has 6 nitrogen and oxygen atoms in total. The molecule has 2 saturated heterocycles. The van der Waals surface area contributed by atoms with E-state index >= 15 is 0 Å². The third kappa shape index (κ3) is 5.37. The van der Waals surface area contributed by atoms with Crippen LogP contribution in [0.25, 0.3) is 0 Å². The molecule has 2 heterocycles. The molecule has 0 radical (unpaired) electrons. The lowest BCUT2D eigenvalue weighted by molar-refractivity contribution is -0.130. The van der Waals surface area contributed by atoms with Crippen LogP contribution in [0.3, 0.4) is 0 Å². The average molecular weight is 323 g/mol. The van der Waals surface area contributed by atoms with Gasteiger partial charge in [0.1, 0.15) is 0 Å². The number of hydrogen-bond acceptors (Lipinski definition) is 3. The van der Waals surface area contributed by atoms with Crippen molar-refractivity contribution in [1.82, 2.24) is 20.0 Å². The topological polar surface area (TPSA) is 51.2 Å². The minimum absolute atomic E-state index is 0.191. The van der Waals surface area contributed by atoms with Crippen LogP contribution in [0, 0.1) is 11.8 Å². The number of carbonyl (C=O) groups is 1. The van der Waals surface area contributed by atoms with Crippen molar-refractivity contribution < 1.29 is 4.79 Å². The lowest BCUT2D eigenvalue weighted by Gasteiger charge is -2.37. The molecule has 0 bridgehead atoms. The summed E-state index contributed by atoms with van der Waals surface area (Å²) in [5.74, 6) is 2.69. The highest BCUT2D eigenvalue weighted by Gasteiger charge is 2.24. The molecule has 1 N–H and O–H groups in total. The Bertz CT molecular complexity index is 407. The van der Waals surface area contributed by atoms with Gasteiger partial charge in [-0.15, -0.1) is 0 Å². The molecule has 2 rings (SSSR count). The number of hydrogen-bond donors (Lipinski definition) is 1. The number of piperazine rings is 1. The van der Waals surface area contributed by atoms with E-state index in [-0.39, 0.29) is 5.91 Å². The Hall–Kier alpha value is -1.30. The number of guanidine groups is 1. The van der Waals surface area contributed by atoms with E-state index in [4.69, 9.17) is 0 Å². The normalized spacial score (nSPS) is 27.2. The number of rotatable bonds is 3. The molecule has 6 heteroatoms. The first kappa shape index (κ1) is 18.0. The van der Waals surface area contributed by atoms with Crippen LogP contribution in [0.15, 0.2) is 4.99 Å². The maximum absolute atomic E-state index is 11.3. The van der Waals surface area contributed by atoms with Crippen LogP contribution in [0.2, 0.25) is 0 Å². The standard InChI is InChI=1S/C17H33N5O/c1-14-11-15(2)13-22(12-14)17(18-4)19-5-6-20-7-9-21(10-8-20)16(3)23/h14-15H,5-13H2,1-4H3,(H,18,19). The van der Waals surface area contributed by atoms with Crippen LogP contribution in [0.4, 0.5) is 0 Å². The van der Waals surface area contributed by atoms with Gasteiger partial charge < -0.3 is 15.1 Å². The summed E-state index contributed by atoms with van der Waals surface area (Å²) in [4.78, 5) is 22.6. The molecule has 0 spiro atoms. The van der Waals surface area contributed by atoms with Gasteiger partial charge in [-0.2, -0.15) is 0 Å². The quantitative estimate of drug-likeness (QED) is 0.614. The molecule has 2 atom stereocenters. The zero-order valence-corrected chi connectivity index (χ0v) is 15.2. The van der Waals surface area contributed by atoms with Gasteiger partial charge in [-0.05, 0) is 18.3 Å². The van der Waals surface area contributed by atoms with E-state index < -0.39 is 0 Å². The first-order valence-electron chi connectivity index (χ1n) is 8.93. The van der Waals surface area contributed by atoms with Gasteiger partial charge >= 0.3 is 0 Å². The monoisotopic (exact) mass is 323 g/mol. The van der Waals surface area contributed by atoms with Gasteiger partial charge in [-0.25, -0.2) is 0 Å². The lowest BCUT2D eigenvalue weighted by atomic mass is 9.92. The van der Waals surface area contributed by atoms with Crippen LogP contribution in [0.5, 0.6) is 0 Å². The Kier molecular flexibility index (Phi) is 6.69. The number of nitrogens with one attached hydrogen (secondary N) is 1. The molecule has 23 heavy (non-hydrogen) atoms. The molecule has 0 aromatic carbocycles. The average Bonchev–Trinajstić information content (AvgIpc) is 2.51. The second-order valence-corrected chi connectivity index (χ2v) is 7.17. The maximum atomic E-state index is 11.3. The molecule has 2 aliphatic heterocycles. The molecule has 0 saturated carbocycles. The number of piperidine rings is 1. The molecule has 2 unspecified atom stereocenters. The second kappa shape index (κ2) is 8.52. The molecule has 0 aromatic rings. The molecule has 0 aliphatic carbocycles. The minimum atomic E-state index is 0.191. The van der Waals surface area contributed by atoms with Gasteiger partial charge in [-0.1, -0.05) is 13.8 Å². The first-order valence-corrected chi connectivity index (χ1v) is 8.93. The summed E-state index contributed by atoms with van der Waals surface area (Å²) in [6, 6.07) is 0. The zero-order chi connectivity index (χ0) is 16.8. The smallest absolute Gasteiger partial charge is 0.219 e. The largest absolute Gasteiger partial charge is 0.355 e. The fourth-order valence-electron chi connectivity index (χ4n) is 3.78. The number of likely N-dealkylation sites (tertiary alicyclic amines) is 1. The molecule has 132 valence electrons. The Morgan fingerprint density at radius 1 is 1.09 bits per heavy atom. The number of carbonyl (C=O) groups excluding carboxylic acids is 1. The van der Waals surface area contributed by atoms with Crippen molar-refractivity contribution in [2.75, 3.05) is 59.4 Å². The van der Waals surface area contributed by atoms with Crippen molar-refractivity contribution in [3.05, 3.63) is 0 Å². The highest BCUT2D eigenvalue weighted by molar-refractivity contribution is 5.80. The van der Waals surface area contributed by atoms with Gasteiger partial charge in [0.25, 0.3) is 0 Å². The summed E-state index contributed by atoms with van der Waals surface area (Å²) in [5.41, 5.74) is 0. The van der Waals surface area contributed by atoms with Crippen molar-refractivity contribution in [2.24, 2.45) is 16.8 Å². The van der Waals surface area contributed by atoms with Crippen LogP contribution in [-0.2, 0) is 4.79 Å². The summed E-state index contributed by atoms with van der Waals surface area (Å²) in [7, 11) is 1.87. The summed E-state index contributed by atoms with van der Waals surface area (Å²) >= 11 is 0. The van der Waals surface area contributed by atoms with Gasteiger partial charge in [0.2, 0.25) is 5.91 Å². The van der Waals surface area contributed by atoms with E-state index in [1.165, 1.54) is 6.42 Å². The van der Waals surface area contributed by atoms with E-state index in [0.717, 1.165) is 70.2 Å². The molecule has 2 fully saturated rings. The van der Waals surface area contributed by atoms with Gasteiger partial charge in [-0.3, -0.25) is 14.7 Å². The van der Waals surface area contributed by atoms with E-state index in [0.29, 0.717) is 0 Å². The van der Waals surface area contributed by atoms with E-state index in [1.807, 2.05) is 11.9 Å². The maximum Gasteiger partial charge on any atom is 0.219 e. The summed E-state index contributed by atoms with van der Waals surface area (Å²) in [6.07, 6.45) is 1.31. The summed E-state index contributed by atoms with van der Waals surface area (Å²) in [6.45, 7) is 14.1. The first-order chi connectivity index (χ1) is 11.0. The van der Waals surface area contributed by atoms with E-state index in [2.05, 4.69) is 34.0 Å². The second-order valence-electron chi connectivity index (χ2n) is 7.17. The zero-order valence-electron chi connectivity index (χ0n) is 15.2. The van der Waals surface area contributed by atoms with Crippen molar-refractivity contribution in [3.8, 4) is 0 Å². The van der Waals surface area contributed by atoms with Crippen LogP contribution in [0.1, 0.15) is 27.2 Å². The molecule has 0 aromatic heterocycles.